The van der Waals surface area contributed by atoms with Gasteiger partial charge in [-0.15, -0.1) is 11.3 Å². The quantitative estimate of drug-likeness (QED) is 0.763. The van der Waals surface area contributed by atoms with Crippen molar-refractivity contribution in [2.45, 2.75) is 13.0 Å². The molecule has 20 heavy (non-hydrogen) atoms. The van der Waals surface area contributed by atoms with Gasteiger partial charge in [0.25, 0.3) is 5.91 Å². The first kappa shape index (κ1) is 14.5. The molecular formula is C14H17N3O2S. The molecule has 1 aromatic heterocycles. The lowest BCUT2D eigenvalue weighted by Crippen LogP contribution is -2.26. The minimum Gasteiger partial charge on any atom is -0.486 e. The minimum absolute atomic E-state index is 0.166. The topological polar surface area (TPSA) is 77.2 Å². The summed E-state index contributed by atoms with van der Waals surface area (Å²) in [6, 6.07) is 9.52. The Morgan fingerprint density at radius 1 is 1.35 bits per heavy atom. The standard InChI is InChI=1S/C14H17N3O2S/c15-7-4-8-16-14(18)12-10-20-13(17-12)9-19-11-5-2-1-3-6-11/h1-3,5-6,10H,4,7-9,15H2,(H,16,18). The van der Waals surface area contributed by atoms with Crippen molar-refractivity contribution in [2.75, 3.05) is 13.1 Å². The first-order chi connectivity index (χ1) is 9.79. The average Bonchev–Trinajstić information content (AvgIpc) is 2.95. The highest BCUT2D eigenvalue weighted by atomic mass is 32.1. The number of nitrogens with one attached hydrogen (secondary N) is 1. The van der Waals surface area contributed by atoms with E-state index in [-0.39, 0.29) is 5.91 Å². The van der Waals surface area contributed by atoms with E-state index in [2.05, 4.69) is 10.3 Å². The van der Waals surface area contributed by atoms with Gasteiger partial charge in [-0.2, -0.15) is 0 Å². The Bertz CT molecular complexity index is 542. The van der Waals surface area contributed by atoms with Crippen LogP contribution >= 0.6 is 11.3 Å². The highest BCUT2D eigenvalue weighted by molar-refractivity contribution is 7.09. The fraction of sp³-hybridized carbons (Fsp3) is 0.286. The van der Waals surface area contributed by atoms with Crippen LogP contribution in [0.1, 0.15) is 21.9 Å². The molecule has 0 bridgehead atoms. The van der Waals surface area contributed by atoms with Crippen LogP contribution in [0.25, 0.3) is 0 Å². The van der Waals surface area contributed by atoms with Gasteiger partial charge in [-0.1, -0.05) is 18.2 Å². The van der Waals surface area contributed by atoms with Gasteiger partial charge in [0.05, 0.1) is 0 Å². The van der Waals surface area contributed by atoms with Gasteiger partial charge in [0, 0.05) is 11.9 Å². The van der Waals surface area contributed by atoms with Crippen molar-refractivity contribution < 1.29 is 9.53 Å². The van der Waals surface area contributed by atoms with Gasteiger partial charge < -0.3 is 15.8 Å². The van der Waals surface area contributed by atoms with E-state index in [1.807, 2.05) is 30.3 Å². The Hall–Kier alpha value is -1.92. The normalized spacial score (nSPS) is 10.2. The molecule has 0 spiro atoms. The number of amides is 1. The molecule has 0 aliphatic carbocycles. The van der Waals surface area contributed by atoms with E-state index in [1.54, 1.807) is 5.38 Å². The Morgan fingerprint density at radius 2 is 2.15 bits per heavy atom. The van der Waals surface area contributed by atoms with E-state index in [4.69, 9.17) is 10.5 Å². The van der Waals surface area contributed by atoms with Crippen molar-refractivity contribution in [1.29, 1.82) is 0 Å². The van der Waals surface area contributed by atoms with E-state index in [0.717, 1.165) is 17.2 Å². The summed E-state index contributed by atoms with van der Waals surface area (Å²) in [4.78, 5) is 16.0. The highest BCUT2D eigenvalue weighted by Crippen LogP contribution is 2.14. The van der Waals surface area contributed by atoms with Gasteiger partial charge in [0.15, 0.2) is 0 Å². The fourth-order valence-corrected chi connectivity index (χ4v) is 2.22. The number of hydrogen-bond acceptors (Lipinski definition) is 5. The number of carbonyl (C=O) groups is 1. The second kappa shape index (κ2) is 7.62. The monoisotopic (exact) mass is 291 g/mol. The number of para-hydroxylation sites is 1. The summed E-state index contributed by atoms with van der Waals surface area (Å²) in [5.41, 5.74) is 5.80. The van der Waals surface area contributed by atoms with Crippen LogP contribution in [0.15, 0.2) is 35.7 Å². The summed E-state index contributed by atoms with van der Waals surface area (Å²) in [6.45, 7) is 1.50. The number of rotatable bonds is 7. The van der Waals surface area contributed by atoms with Gasteiger partial charge in [-0.05, 0) is 25.1 Å². The Labute approximate surface area is 121 Å². The maximum atomic E-state index is 11.8. The molecule has 1 heterocycles. The summed E-state index contributed by atoms with van der Waals surface area (Å²) in [5, 5.41) is 5.28. The van der Waals surface area contributed by atoms with Crippen molar-refractivity contribution in [3.63, 3.8) is 0 Å². The maximum Gasteiger partial charge on any atom is 0.270 e. The van der Waals surface area contributed by atoms with Gasteiger partial charge in [0.1, 0.15) is 23.1 Å². The molecule has 0 fully saturated rings. The molecule has 1 amide bonds. The summed E-state index contributed by atoms with van der Waals surface area (Å²) in [6.07, 6.45) is 0.764. The van der Waals surface area contributed by atoms with Gasteiger partial charge in [-0.25, -0.2) is 4.98 Å². The second-order valence-corrected chi connectivity index (χ2v) is 5.07. The molecular weight excluding hydrogens is 274 g/mol. The highest BCUT2D eigenvalue weighted by Gasteiger charge is 2.10. The number of nitrogens with zero attached hydrogens (tertiary/aromatic N) is 1. The number of carbonyl (C=O) groups excluding carboxylic acids is 1. The SMILES string of the molecule is NCCCNC(=O)c1csc(COc2ccccc2)n1. The van der Waals surface area contributed by atoms with Gasteiger partial charge >= 0.3 is 0 Å². The molecule has 0 radical (unpaired) electrons. The zero-order valence-corrected chi connectivity index (χ0v) is 11.9. The minimum atomic E-state index is -0.166. The van der Waals surface area contributed by atoms with Crippen molar-refractivity contribution in [3.8, 4) is 5.75 Å². The van der Waals surface area contributed by atoms with Crippen LogP contribution in [0.4, 0.5) is 0 Å². The third-order valence-corrected chi connectivity index (χ3v) is 3.38. The molecule has 2 aromatic rings. The summed E-state index contributed by atoms with van der Waals surface area (Å²) < 4.78 is 5.58. The lowest BCUT2D eigenvalue weighted by molar-refractivity contribution is 0.0949. The predicted molar refractivity (Wildman–Crippen MR) is 78.9 cm³/mol. The molecule has 2 rings (SSSR count). The van der Waals surface area contributed by atoms with Crippen molar-refractivity contribution in [1.82, 2.24) is 10.3 Å². The van der Waals surface area contributed by atoms with Crippen LogP contribution < -0.4 is 15.8 Å². The molecule has 106 valence electrons. The van der Waals surface area contributed by atoms with Crippen molar-refractivity contribution >= 4 is 17.2 Å². The zero-order valence-electron chi connectivity index (χ0n) is 11.0. The number of nitrogens with two attached hydrogens (primary N) is 1. The smallest absolute Gasteiger partial charge is 0.270 e. The molecule has 0 saturated heterocycles. The largest absolute Gasteiger partial charge is 0.486 e. The van der Waals surface area contributed by atoms with Crippen LogP contribution in [0.2, 0.25) is 0 Å². The van der Waals surface area contributed by atoms with Crippen LogP contribution in [-0.2, 0) is 6.61 Å². The van der Waals surface area contributed by atoms with Crippen LogP contribution in [0.5, 0.6) is 5.75 Å². The molecule has 0 aliphatic heterocycles. The number of ether oxygens (including phenoxy) is 1. The van der Waals surface area contributed by atoms with Gasteiger partial charge in [-0.3, -0.25) is 4.79 Å². The summed E-state index contributed by atoms with van der Waals surface area (Å²) in [7, 11) is 0. The van der Waals surface area contributed by atoms with E-state index in [1.165, 1.54) is 11.3 Å². The molecule has 0 saturated carbocycles. The van der Waals surface area contributed by atoms with E-state index < -0.39 is 0 Å². The van der Waals surface area contributed by atoms with E-state index in [0.29, 0.717) is 25.4 Å². The molecule has 0 aliphatic rings. The second-order valence-electron chi connectivity index (χ2n) is 4.13. The van der Waals surface area contributed by atoms with Crippen molar-refractivity contribution in [2.24, 2.45) is 5.73 Å². The number of thiazole rings is 1. The average molecular weight is 291 g/mol. The third kappa shape index (κ3) is 4.32. The summed E-state index contributed by atoms with van der Waals surface area (Å²) >= 11 is 1.41. The van der Waals surface area contributed by atoms with Gasteiger partial charge in [0.2, 0.25) is 0 Å². The number of aromatic nitrogens is 1. The molecule has 0 atom stereocenters. The predicted octanol–water partition coefficient (Wildman–Crippen LogP) is 1.80. The van der Waals surface area contributed by atoms with Crippen LogP contribution in [0, 0.1) is 0 Å². The third-order valence-electron chi connectivity index (χ3n) is 2.56. The zero-order chi connectivity index (χ0) is 14.2. The molecule has 5 nitrogen and oxygen atoms in total. The first-order valence-electron chi connectivity index (χ1n) is 6.40. The van der Waals surface area contributed by atoms with E-state index >= 15 is 0 Å². The lowest BCUT2D eigenvalue weighted by atomic mass is 10.3. The number of benzene rings is 1. The Morgan fingerprint density at radius 3 is 2.90 bits per heavy atom. The lowest BCUT2D eigenvalue weighted by Gasteiger charge is -2.03. The molecule has 0 unspecified atom stereocenters. The van der Waals surface area contributed by atoms with Crippen LogP contribution in [-0.4, -0.2) is 24.0 Å². The fourth-order valence-electron chi connectivity index (χ4n) is 1.54. The van der Waals surface area contributed by atoms with E-state index in [9.17, 15) is 4.79 Å². The Balaban J connectivity index is 1.84. The van der Waals surface area contributed by atoms with Crippen LogP contribution in [0.3, 0.4) is 0 Å². The number of hydrogen-bond donors (Lipinski definition) is 2. The first-order valence-corrected chi connectivity index (χ1v) is 7.28. The molecule has 3 N–H and O–H groups in total. The molecule has 1 aromatic carbocycles. The Kier molecular flexibility index (Phi) is 5.52. The van der Waals surface area contributed by atoms with Crippen molar-refractivity contribution in [3.05, 3.63) is 46.4 Å². The molecule has 6 heteroatoms. The summed E-state index contributed by atoms with van der Waals surface area (Å²) in [5.74, 6) is 0.623. The maximum absolute atomic E-state index is 11.8.